The fraction of sp³-hybridized carbons (Fsp3) is 0.600. The van der Waals surface area contributed by atoms with Gasteiger partial charge in [0.15, 0.2) is 0 Å². The molecule has 1 aromatic carbocycles. The second-order valence-electron chi connectivity index (χ2n) is 4.63. The normalized spacial score (nSPS) is 15.8. The Balaban J connectivity index is 0.000000771. The van der Waals surface area contributed by atoms with Gasteiger partial charge in [-0.1, -0.05) is 31.5 Å². The summed E-state index contributed by atoms with van der Waals surface area (Å²) < 4.78 is 5.34. The lowest BCUT2D eigenvalue weighted by Crippen LogP contribution is -2.28. The molecule has 0 saturated carbocycles. The zero-order chi connectivity index (χ0) is 13.4. The average molecular weight is 267 g/mol. The summed E-state index contributed by atoms with van der Waals surface area (Å²) in [7, 11) is 2.35. The van der Waals surface area contributed by atoms with E-state index in [1.54, 1.807) is 0 Å². The van der Waals surface area contributed by atoms with Crippen molar-refractivity contribution < 1.29 is 4.52 Å². The van der Waals surface area contributed by atoms with Crippen molar-refractivity contribution in [2.24, 2.45) is 5.92 Å². The Hall–Kier alpha value is -0.590. The van der Waals surface area contributed by atoms with Crippen LogP contribution in [0.15, 0.2) is 18.2 Å². The van der Waals surface area contributed by atoms with E-state index in [2.05, 4.69) is 39.9 Å². The van der Waals surface area contributed by atoms with Gasteiger partial charge in [0.2, 0.25) is 0 Å². The van der Waals surface area contributed by atoms with E-state index in [1.807, 2.05) is 13.8 Å². The molecule has 1 aliphatic heterocycles. The van der Waals surface area contributed by atoms with E-state index in [0.29, 0.717) is 0 Å². The van der Waals surface area contributed by atoms with Crippen LogP contribution in [-0.4, -0.2) is 13.1 Å². The fourth-order valence-electron chi connectivity index (χ4n) is 2.38. The number of nitrogens with one attached hydrogen (secondary N) is 1. The number of aryl methyl sites for hydroxylation is 1. The summed E-state index contributed by atoms with van der Waals surface area (Å²) in [5.41, 5.74) is 2.66. The first kappa shape index (κ1) is 15.5. The lowest BCUT2D eigenvalue weighted by molar-refractivity contribution is 0.370. The molecule has 1 N–H and O–H groups in total. The minimum absolute atomic E-state index is 0.807. The molecule has 1 aromatic rings. The van der Waals surface area contributed by atoms with E-state index in [9.17, 15) is 0 Å². The molecule has 1 unspecified atom stereocenters. The minimum atomic E-state index is 0.807. The van der Waals surface area contributed by atoms with Crippen molar-refractivity contribution >= 4 is 9.47 Å². The molecular formula is C15H26NOP. The Morgan fingerprint density at radius 3 is 2.56 bits per heavy atom. The molecule has 1 fully saturated rings. The molecule has 0 spiro atoms. The smallest absolute Gasteiger partial charge is 0.125 e. The van der Waals surface area contributed by atoms with Crippen molar-refractivity contribution in [1.82, 2.24) is 5.32 Å². The second-order valence-corrected chi connectivity index (χ2v) is 4.86. The van der Waals surface area contributed by atoms with Crippen LogP contribution in [0.3, 0.4) is 0 Å². The number of hydrogen-bond acceptors (Lipinski definition) is 2. The molecule has 0 bridgehead atoms. The largest absolute Gasteiger partial charge is 0.480 e. The van der Waals surface area contributed by atoms with Crippen LogP contribution in [0.4, 0.5) is 0 Å². The van der Waals surface area contributed by atoms with Crippen molar-refractivity contribution in [3.05, 3.63) is 29.3 Å². The third-order valence-electron chi connectivity index (χ3n) is 3.31. The summed E-state index contributed by atoms with van der Waals surface area (Å²) in [6.45, 7) is 8.46. The summed E-state index contributed by atoms with van der Waals surface area (Å²) in [6.07, 6.45) is 3.71. The summed E-state index contributed by atoms with van der Waals surface area (Å²) in [5, 5.41) is 3.41. The number of rotatable bonds is 3. The van der Waals surface area contributed by atoms with Gasteiger partial charge < -0.3 is 9.84 Å². The van der Waals surface area contributed by atoms with Gasteiger partial charge in [0.05, 0.1) is 9.47 Å². The third-order valence-corrected chi connectivity index (χ3v) is 3.56. The highest BCUT2D eigenvalue weighted by atomic mass is 31.0. The van der Waals surface area contributed by atoms with E-state index in [0.717, 1.165) is 31.2 Å². The van der Waals surface area contributed by atoms with Crippen LogP contribution in [0.2, 0.25) is 0 Å². The van der Waals surface area contributed by atoms with Crippen LogP contribution in [0.25, 0.3) is 0 Å². The molecule has 3 heteroatoms. The average Bonchev–Trinajstić information content (AvgIpc) is 2.42. The van der Waals surface area contributed by atoms with Crippen molar-refractivity contribution in [3.63, 3.8) is 0 Å². The van der Waals surface area contributed by atoms with Gasteiger partial charge in [0.25, 0.3) is 0 Å². The molecular weight excluding hydrogens is 241 g/mol. The summed E-state index contributed by atoms with van der Waals surface area (Å²) in [4.78, 5) is 0. The van der Waals surface area contributed by atoms with Crippen LogP contribution in [0.5, 0.6) is 5.75 Å². The predicted molar refractivity (Wildman–Crippen MR) is 82.2 cm³/mol. The number of hydrogen-bond donors (Lipinski definition) is 1. The maximum absolute atomic E-state index is 5.34. The summed E-state index contributed by atoms with van der Waals surface area (Å²) in [5.74, 6) is 1.82. The van der Waals surface area contributed by atoms with Crippen LogP contribution in [0.1, 0.15) is 37.8 Å². The fourth-order valence-corrected chi connectivity index (χ4v) is 2.61. The zero-order valence-corrected chi connectivity index (χ0v) is 13.0. The highest BCUT2D eigenvalue weighted by Crippen LogP contribution is 2.27. The zero-order valence-electron chi connectivity index (χ0n) is 11.8. The Morgan fingerprint density at radius 1 is 1.28 bits per heavy atom. The van der Waals surface area contributed by atoms with Crippen LogP contribution in [0, 0.1) is 12.8 Å². The quantitative estimate of drug-likeness (QED) is 0.842. The Kier molecular flexibility index (Phi) is 7.31. The molecule has 1 saturated heterocycles. The van der Waals surface area contributed by atoms with Gasteiger partial charge in [0, 0.05) is 0 Å². The topological polar surface area (TPSA) is 21.3 Å². The molecule has 0 aliphatic carbocycles. The number of piperidine rings is 1. The van der Waals surface area contributed by atoms with Gasteiger partial charge in [-0.05, 0) is 56.8 Å². The highest BCUT2D eigenvalue weighted by molar-refractivity contribution is 7.10. The first-order chi connectivity index (χ1) is 8.79. The first-order valence-corrected chi connectivity index (χ1v) is 7.43. The van der Waals surface area contributed by atoms with E-state index in [-0.39, 0.29) is 0 Å². The van der Waals surface area contributed by atoms with E-state index >= 15 is 0 Å². The lowest BCUT2D eigenvalue weighted by Gasteiger charge is -2.23. The predicted octanol–water partition coefficient (Wildman–Crippen LogP) is 3.73. The van der Waals surface area contributed by atoms with E-state index in [1.165, 1.54) is 24.0 Å². The van der Waals surface area contributed by atoms with Gasteiger partial charge in [-0.15, -0.1) is 0 Å². The SMILES string of the molecule is CC.Cc1ccc(OP)c(CC2CCNCC2)c1. The van der Waals surface area contributed by atoms with Gasteiger partial charge in [0.1, 0.15) is 5.75 Å². The van der Waals surface area contributed by atoms with Crippen molar-refractivity contribution in [2.75, 3.05) is 13.1 Å². The van der Waals surface area contributed by atoms with Crippen molar-refractivity contribution in [1.29, 1.82) is 0 Å². The van der Waals surface area contributed by atoms with Gasteiger partial charge in [-0.2, -0.15) is 0 Å². The van der Waals surface area contributed by atoms with E-state index in [4.69, 9.17) is 4.52 Å². The summed E-state index contributed by atoms with van der Waals surface area (Å²) >= 11 is 0. The molecule has 102 valence electrons. The highest BCUT2D eigenvalue weighted by Gasteiger charge is 2.15. The first-order valence-electron chi connectivity index (χ1n) is 6.96. The molecule has 0 radical (unpaired) electrons. The van der Waals surface area contributed by atoms with Crippen LogP contribution >= 0.6 is 9.47 Å². The molecule has 0 amide bonds. The van der Waals surface area contributed by atoms with Crippen molar-refractivity contribution in [2.45, 2.75) is 40.0 Å². The monoisotopic (exact) mass is 267 g/mol. The molecule has 18 heavy (non-hydrogen) atoms. The van der Waals surface area contributed by atoms with Crippen LogP contribution in [-0.2, 0) is 6.42 Å². The van der Waals surface area contributed by atoms with Gasteiger partial charge in [-0.25, -0.2) is 0 Å². The molecule has 1 atom stereocenters. The van der Waals surface area contributed by atoms with E-state index < -0.39 is 0 Å². The summed E-state index contributed by atoms with van der Waals surface area (Å²) in [6, 6.07) is 6.42. The molecule has 1 aliphatic rings. The molecule has 2 rings (SSSR count). The standard InChI is InChI=1S/C13H20NOP.C2H6/c1-10-2-3-13(15-16)12(8-10)9-11-4-6-14-7-5-11;1-2/h2-3,8,11,14H,4-7,9,16H2,1H3;1-2H3. The second kappa shape index (κ2) is 8.50. The maximum Gasteiger partial charge on any atom is 0.125 e. The van der Waals surface area contributed by atoms with Gasteiger partial charge >= 0.3 is 0 Å². The lowest BCUT2D eigenvalue weighted by atomic mass is 9.90. The molecule has 1 heterocycles. The Bertz CT molecular complexity index is 348. The minimum Gasteiger partial charge on any atom is -0.480 e. The Morgan fingerprint density at radius 2 is 1.94 bits per heavy atom. The Labute approximate surface area is 114 Å². The molecule has 0 aromatic heterocycles. The maximum atomic E-state index is 5.34. The number of benzene rings is 1. The van der Waals surface area contributed by atoms with Crippen LogP contribution < -0.4 is 9.84 Å². The third kappa shape index (κ3) is 4.59. The van der Waals surface area contributed by atoms with Gasteiger partial charge in [-0.3, -0.25) is 0 Å². The van der Waals surface area contributed by atoms with Crippen molar-refractivity contribution in [3.8, 4) is 5.75 Å². The molecule has 2 nitrogen and oxygen atoms in total.